The summed E-state index contributed by atoms with van der Waals surface area (Å²) in [4.78, 5) is 2.73. The molecule has 3 heteroatoms. The Bertz CT molecular complexity index is 251. The minimum absolute atomic E-state index is 0.801. The fourth-order valence-electron chi connectivity index (χ4n) is 4.08. The number of hydrogen-bond acceptors (Lipinski definition) is 3. The zero-order valence-electron chi connectivity index (χ0n) is 12.4. The summed E-state index contributed by atoms with van der Waals surface area (Å²) in [5.74, 6) is 2.86. The van der Waals surface area contributed by atoms with Crippen molar-refractivity contribution in [3.8, 4) is 0 Å². The molecule has 3 rings (SSSR count). The smallest absolute Gasteiger partial charge is 0.0469 e. The molecule has 0 spiro atoms. The van der Waals surface area contributed by atoms with E-state index in [0.29, 0.717) is 0 Å². The van der Waals surface area contributed by atoms with Crippen molar-refractivity contribution >= 4 is 0 Å². The van der Waals surface area contributed by atoms with Crippen molar-refractivity contribution < 1.29 is 4.74 Å². The molecule has 19 heavy (non-hydrogen) atoms. The van der Waals surface area contributed by atoms with Crippen LogP contribution in [0.4, 0.5) is 0 Å². The summed E-state index contributed by atoms with van der Waals surface area (Å²) in [5.41, 5.74) is 0. The molecular formula is C16H30N2O. The quantitative estimate of drug-likeness (QED) is 0.792. The van der Waals surface area contributed by atoms with Crippen LogP contribution >= 0.6 is 0 Å². The van der Waals surface area contributed by atoms with Crippen LogP contribution in [0.2, 0.25) is 0 Å². The summed E-state index contributed by atoms with van der Waals surface area (Å²) in [6, 6.07) is 0.801. The van der Waals surface area contributed by atoms with Gasteiger partial charge in [-0.2, -0.15) is 0 Å². The lowest BCUT2D eigenvalue weighted by Crippen LogP contribution is -2.33. The van der Waals surface area contributed by atoms with E-state index in [0.717, 1.165) is 37.0 Å². The average Bonchev–Trinajstić information content (AvgIpc) is 3.00. The van der Waals surface area contributed by atoms with Gasteiger partial charge in [-0.25, -0.2) is 0 Å². The van der Waals surface area contributed by atoms with Crippen LogP contribution in [-0.4, -0.2) is 50.8 Å². The molecule has 0 radical (unpaired) electrons. The van der Waals surface area contributed by atoms with E-state index in [1.807, 2.05) is 0 Å². The van der Waals surface area contributed by atoms with Crippen molar-refractivity contribution in [1.29, 1.82) is 0 Å². The summed E-state index contributed by atoms with van der Waals surface area (Å²) < 4.78 is 5.44. The minimum atomic E-state index is 0.801. The highest BCUT2D eigenvalue weighted by molar-refractivity contribution is 4.94. The molecule has 1 N–H and O–H groups in total. The van der Waals surface area contributed by atoms with Crippen LogP contribution in [0, 0.1) is 17.8 Å². The summed E-state index contributed by atoms with van der Waals surface area (Å²) in [7, 11) is 2.12. The number of rotatable bonds is 3. The molecule has 0 aromatic carbocycles. The lowest BCUT2D eigenvalue weighted by molar-refractivity contribution is 0.0545. The van der Waals surface area contributed by atoms with E-state index in [-0.39, 0.29) is 0 Å². The zero-order valence-corrected chi connectivity index (χ0v) is 12.4. The average molecular weight is 266 g/mol. The number of likely N-dealkylation sites (tertiary alicyclic amines) is 1. The molecule has 0 bridgehead atoms. The fraction of sp³-hybridized carbons (Fsp3) is 0.875. The van der Waals surface area contributed by atoms with Crippen molar-refractivity contribution in [3.63, 3.8) is 0 Å². The third-order valence-corrected chi connectivity index (χ3v) is 5.09. The van der Waals surface area contributed by atoms with Crippen LogP contribution in [0.5, 0.6) is 0 Å². The van der Waals surface area contributed by atoms with E-state index >= 15 is 0 Å². The molecule has 2 saturated heterocycles. The molecule has 1 unspecified atom stereocenters. The number of nitrogens with one attached hydrogen (secondary N) is 1. The third kappa shape index (κ3) is 3.80. The molecule has 3 nitrogen and oxygen atoms in total. The first-order chi connectivity index (χ1) is 9.35. The van der Waals surface area contributed by atoms with E-state index in [1.54, 1.807) is 0 Å². The Labute approximate surface area is 118 Å². The van der Waals surface area contributed by atoms with E-state index < -0.39 is 0 Å². The predicted octanol–water partition coefficient (Wildman–Crippen LogP) is 2.14. The highest BCUT2D eigenvalue weighted by atomic mass is 16.5. The molecule has 2 aliphatic heterocycles. The second-order valence-corrected chi connectivity index (χ2v) is 6.25. The van der Waals surface area contributed by atoms with Gasteiger partial charge in [0.2, 0.25) is 0 Å². The molecule has 0 aromatic rings. The second-order valence-electron chi connectivity index (χ2n) is 6.25. The van der Waals surface area contributed by atoms with Crippen LogP contribution in [0.3, 0.4) is 0 Å². The number of hydrogen-bond donors (Lipinski definition) is 1. The summed E-state index contributed by atoms with van der Waals surface area (Å²) in [6.07, 6.45) is 5.38. The van der Waals surface area contributed by atoms with E-state index in [1.165, 1.54) is 45.3 Å². The van der Waals surface area contributed by atoms with Crippen LogP contribution in [-0.2, 0) is 4.74 Å². The molecule has 1 aliphatic carbocycles. The maximum absolute atomic E-state index is 5.44. The Kier molecular flexibility index (Phi) is 5.86. The maximum Gasteiger partial charge on any atom is 0.0469 e. The van der Waals surface area contributed by atoms with Crippen LogP contribution in [0.15, 0.2) is 13.2 Å². The Morgan fingerprint density at radius 1 is 1.11 bits per heavy atom. The van der Waals surface area contributed by atoms with E-state index in [2.05, 4.69) is 30.4 Å². The second kappa shape index (κ2) is 7.41. The van der Waals surface area contributed by atoms with Gasteiger partial charge in [0.05, 0.1) is 0 Å². The molecule has 1 saturated carbocycles. The van der Waals surface area contributed by atoms with Gasteiger partial charge in [0.25, 0.3) is 0 Å². The van der Waals surface area contributed by atoms with Gasteiger partial charge in [-0.05, 0) is 50.5 Å². The Morgan fingerprint density at radius 3 is 2.21 bits per heavy atom. The largest absolute Gasteiger partial charge is 0.381 e. The minimum Gasteiger partial charge on any atom is -0.381 e. The number of fused-ring (bicyclic) bond motifs is 1. The first-order valence-corrected chi connectivity index (χ1v) is 7.82. The van der Waals surface area contributed by atoms with E-state index in [4.69, 9.17) is 4.74 Å². The van der Waals surface area contributed by atoms with Crippen LogP contribution in [0.1, 0.15) is 25.7 Å². The van der Waals surface area contributed by atoms with Gasteiger partial charge in [-0.1, -0.05) is 0 Å². The standard InChI is InChI=1S/C14H26N2O.C2H4/c1-15-14-6-12-9-16(10-13(12)7-14)8-11-2-4-17-5-3-11;1-2/h11-15H,2-10H2,1H3;1-2H2/t12-,13+,14?;. The molecule has 3 aliphatic rings. The molecule has 2 heterocycles. The monoisotopic (exact) mass is 266 g/mol. The highest BCUT2D eigenvalue weighted by Crippen LogP contribution is 2.38. The van der Waals surface area contributed by atoms with Gasteiger partial charge >= 0.3 is 0 Å². The van der Waals surface area contributed by atoms with Gasteiger partial charge in [0, 0.05) is 38.9 Å². The van der Waals surface area contributed by atoms with Gasteiger partial charge in [-0.15, -0.1) is 13.2 Å². The summed E-state index contributed by atoms with van der Waals surface area (Å²) >= 11 is 0. The maximum atomic E-state index is 5.44. The topological polar surface area (TPSA) is 24.5 Å². The lowest BCUT2D eigenvalue weighted by Gasteiger charge is -2.27. The molecular weight excluding hydrogens is 236 g/mol. The van der Waals surface area contributed by atoms with Gasteiger partial charge < -0.3 is 15.0 Å². The van der Waals surface area contributed by atoms with Crippen molar-refractivity contribution in [2.24, 2.45) is 17.8 Å². The van der Waals surface area contributed by atoms with Gasteiger partial charge in [-0.3, -0.25) is 0 Å². The number of ether oxygens (including phenoxy) is 1. The summed E-state index contributed by atoms with van der Waals surface area (Å²) in [6.45, 7) is 12.0. The zero-order chi connectivity index (χ0) is 13.7. The van der Waals surface area contributed by atoms with Crippen LogP contribution in [0.25, 0.3) is 0 Å². The van der Waals surface area contributed by atoms with Gasteiger partial charge in [0.1, 0.15) is 0 Å². The van der Waals surface area contributed by atoms with Crippen molar-refractivity contribution in [1.82, 2.24) is 10.2 Å². The Morgan fingerprint density at radius 2 is 1.68 bits per heavy atom. The molecule has 110 valence electrons. The van der Waals surface area contributed by atoms with E-state index in [9.17, 15) is 0 Å². The number of nitrogens with zero attached hydrogens (tertiary/aromatic N) is 1. The van der Waals surface area contributed by atoms with Crippen molar-refractivity contribution in [2.75, 3.05) is 39.9 Å². The molecule has 0 amide bonds. The van der Waals surface area contributed by atoms with Crippen molar-refractivity contribution in [3.05, 3.63) is 13.2 Å². The molecule has 3 atom stereocenters. The highest BCUT2D eigenvalue weighted by Gasteiger charge is 2.40. The normalized spacial score (nSPS) is 35.7. The molecule has 3 fully saturated rings. The fourth-order valence-corrected chi connectivity index (χ4v) is 4.08. The SMILES string of the molecule is C=C.CNC1C[C@@H]2CN(CC3CCOCC3)C[C@@H]2C1. The van der Waals surface area contributed by atoms with Gasteiger partial charge in [0.15, 0.2) is 0 Å². The first-order valence-electron chi connectivity index (χ1n) is 7.82. The molecule has 0 aromatic heterocycles. The predicted molar refractivity (Wildman–Crippen MR) is 80.3 cm³/mol. The van der Waals surface area contributed by atoms with Crippen LogP contribution < -0.4 is 5.32 Å². The van der Waals surface area contributed by atoms with Crippen molar-refractivity contribution in [2.45, 2.75) is 31.7 Å². The Hall–Kier alpha value is -0.380. The summed E-state index contributed by atoms with van der Waals surface area (Å²) in [5, 5.41) is 3.45. The lowest BCUT2D eigenvalue weighted by atomic mass is 10.00. The third-order valence-electron chi connectivity index (χ3n) is 5.09. The first kappa shape index (κ1) is 15.0. The Balaban J connectivity index is 0.000000637.